The van der Waals surface area contributed by atoms with Gasteiger partial charge in [0.05, 0.1) is 0 Å². The number of amides is 1. The Kier molecular flexibility index (Phi) is 6.38. The lowest BCUT2D eigenvalue weighted by Gasteiger charge is -2.57. The van der Waals surface area contributed by atoms with Gasteiger partial charge >= 0.3 is 12.1 Å². The highest BCUT2D eigenvalue weighted by Gasteiger charge is 2.49. The lowest BCUT2D eigenvalue weighted by atomic mass is 9.69. The molecule has 0 bridgehead atoms. The molecule has 3 fully saturated rings. The van der Waals surface area contributed by atoms with E-state index < -0.39 is 5.97 Å². The number of hydrogen-bond acceptors (Lipinski definition) is 4. The van der Waals surface area contributed by atoms with Crippen LogP contribution in [0, 0.1) is 11.8 Å². The second kappa shape index (κ2) is 9.16. The van der Waals surface area contributed by atoms with E-state index in [1.807, 2.05) is 35.2 Å². The van der Waals surface area contributed by atoms with Crippen molar-refractivity contribution in [2.24, 2.45) is 11.8 Å². The van der Waals surface area contributed by atoms with Crippen LogP contribution >= 0.6 is 0 Å². The average molecular weight is 401 g/mol. The molecule has 0 aromatic heterocycles. The highest BCUT2D eigenvalue weighted by molar-refractivity contribution is 5.68. The minimum absolute atomic E-state index is 0.0831. The van der Waals surface area contributed by atoms with Gasteiger partial charge in [-0.3, -0.25) is 9.69 Å². The van der Waals surface area contributed by atoms with E-state index in [0.29, 0.717) is 24.3 Å². The Labute approximate surface area is 172 Å². The van der Waals surface area contributed by atoms with Gasteiger partial charge in [-0.2, -0.15) is 0 Å². The fourth-order valence-corrected chi connectivity index (χ4v) is 5.84. The maximum atomic E-state index is 13.1. The van der Waals surface area contributed by atoms with E-state index in [4.69, 9.17) is 9.84 Å². The van der Waals surface area contributed by atoms with Gasteiger partial charge in [-0.15, -0.1) is 0 Å². The Hall–Kier alpha value is -2.08. The molecule has 1 N–H and O–H groups in total. The van der Waals surface area contributed by atoms with E-state index in [-0.39, 0.29) is 25.2 Å². The largest absolute Gasteiger partial charge is 0.481 e. The first-order valence-electron chi connectivity index (χ1n) is 11.1. The summed E-state index contributed by atoms with van der Waals surface area (Å²) in [6.45, 7) is 3.35. The minimum Gasteiger partial charge on any atom is -0.481 e. The molecule has 3 heterocycles. The quantitative estimate of drug-likeness (QED) is 0.787. The van der Waals surface area contributed by atoms with E-state index >= 15 is 0 Å². The van der Waals surface area contributed by atoms with Gasteiger partial charge in [-0.25, -0.2) is 4.79 Å². The van der Waals surface area contributed by atoms with Gasteiger partial charge in [0, 0.05) is 25.0 Å². The monoisotopic (exact) mass is 400 g/mol. The maximum absolute atomic E-state index is 13.1. The van der Waals surface area contributed by atoms with Crippen LogP contribution in [0.5, 0.6) is 0 Å². The number of carbonyl (C=O) groups is 2. The summed E-state index contributed by atoms with van der Waals surface area (Å²) >= 11 is 0. The second-order valence-electron chi connectivity index (χ2n) is 8.78. The molecule has 0 radical (unpaired) electrons. The number of ether oxygens (including phenoxy) is 1. The lowest BCUT2D eigenvalue weighted by molar-refractivity contribution is -0.137. The van der Waals surface area contributed by atoms with Crippen molar-refractivity contribution in [2.75, 3.05) is 19.6 Å². The van der Waals surface area contributed by atoms with Crippen LogP contribution in [0.4, 0.5) is 4.79 Å². The maximum Gasteiger partial charge on any atom is 0.410 e. The molecular formula is C23H32N2O4. The average Bonchev–Trinajstić information content (AvgIpc) is 2.74. The predicted molar refractivity (Wildman–Crippen MR) is 109 cm³/mol. The van der Waals surface area contributed by atoms with Crippen molar-refractivity contribution in [3.8, 4) is 0 Å². The van der Waals surface area contributed by atoms with Crippen LogP contribution in [-0.4, -0.2) is 58.7 Å². The van der Waals surface area contributed by atoms with Crippen molar-refractivity contribution < 1.29 is 19.4 Å². The molecule has 6 nitrogen and oxygen atoms in total. The van der Waals surface area contributed by atoms with Crippen molar-refractivity contribution in [1.29, 1.82) is 0 Å². The zero-order chi connectivity index (χ0) is 20.2. The fourth-order valence-electron chi connectivity index (χ4n) is 5.84. The molecule has 3 saturated heterocycles. The number of likely N-dealkylation sites (tertiary alicyclic amines) is 1. The summed E-state index contributed by atoms with van der Waals surface area (Å²) in [5.41, 5.74) is 0.986. The number of nitrogens with zero attached hydrogens (tertiary/aromatic N) is 2. The number of benzene rings is 1. The molecular weight excluding hydrogens is 368 g/mol. The first-order chi connectivity index (χ1) is 14.1. The molecule has 1 aromatic rings. The van der Waals surface area contributed by atoms with E-state index in [2.05, 4.69) is 4.90 Å². The third kappa shape index (κ3) is 4.58. The Morgan fingerprint density at radius 1 is 1.10 bits per heavy atom. The Morgan fingerprint density at radius 2 is 1.86 bits per heavy atom. The van der Waals surface area contributed by atoms with Crippen LogP contribution in [0.1, 0.15) is 50.5 Å². The van der Waals surface area contributed by atoms with E-state index in [0.717, 1.165) is 44.5 Å². The molecule has 0 aliphatic carbocycles. The molecule has 0 spiro atoms. The summed E-state index contributed by atoms with van der Waals surface area (Å²) in [5.74, 6) is 0.176. The normalized spacial score (nSPS) is 29.2. The highest BCUT2D eigenvalue weighted by Crippen LogP contribution is 2.43. The standard InChI is InChI=1S/C23H32N2O4/c26-21(27)12-4-11-20-19-10-6-14-24-13-5-9-18(22(19)24)15-25(20)23(28)29-16-17-7-2-1-3-8-17/h1-3,7-8,18-20,22H,4-6,9-16H2,(H,26,27)/t18-,19+,20-,22-/m0/s1. The number of rotatable bonds is 6. The highest BCUT2D eigenvalue weighted by atomic mass is 16.6. The summed E-state index contributed by atoms with van der Waals surface area (Å²) in [6, 6.07) is 10.4. The lowest BCUT2D eigenvalue weighted by Crippen LogP contribution is -2.65. The molecule has 0 saturated carbocycles. The van der Waals surface area contributed by atoms with Crippen molar-refractivity contribution in [3.05, 3.63) is 35.9 Å². The summed E-state index contributed by atoms with van der Waals surface area (Å²) < 4.78 is 5.70. The molecule has 4 atom stereocenters. The number of aliphatic carboxylic acids is 1. The van der Waals surface area contributed by atoms with Crippen molar-refractivity contribution in [2.45, 2.75) is 63.6 Å². The molecule has 3 aliphatic rings. The van der Waals surface area contributed by atoms with E-state index in [1.165, 1.54) is 12.8 Å². The van der Waals surface area contributed by atoms with Gasteiger partial charge in [0.25, 0.3) is 0 Å². The molecule has 4 rings (SSSR count). The minimum atomic E-state index is -0.764. The first kappa shape index (κ1) is 20.2. The SMILES string of the molecule is O=C(O)CCC[C@H]1[C@H]2CCCN3CCC[C@@H](CN1C(=O)OCc1ccccc1)[C@@H]23. The Balaban J connectivity index is 1.49. The number of carboxylic acids is 1. The molecule has 158 valence electrons. The second-order valence-corrected chi connectivity index (χ2v) is 8.78. The Bertz CT molecular complexity index is 708. The van der Waals surface area contributed by atoms with Crippen molar-refractivity contribution in [3.63, 3.8) is 0 Å². The van der Waals surface area contributed by atoms with Crippen LogP contribution in [0.3, 0.4) is 0 Å². The van der Waals surface area contributed by atoms with Gasteiger partial charge < -0.3 is 14.7 Å². The molecule has 3 aliphatic heterocycles. The zero-order valence-corrected chi connectivity index (χ0v) is 17.0. The molecule has 0 unspecified atom stereocenters. The summed E-state index contributed by atoms with van der Waals surface area (Å²) in [7, 11) is 0. The van der Waals surface area contributed by atoms with Crippen LogP contribution < -0.4 is 0 Å². The third-order valence-electron chi connectivity index (χ3n) is 7.00. The number of carbonyl (C=O) groups excluding carboxylic acids is 1. The van der Waals surface area contributed by atoms with Crippen molar-refractivity contribution >= 4 is 12.1 Å². The van der Waals surface area contributed by atoms with Crippen LogP contribution in [-0.2, 0) is 16.1 Å². The van der Waals surface area contributed by atoms with Crippen LogP contribution in [0.2, 0.25) is 0 Å². The molecule has 6 heteroatoms. The number of piperidine rings is 3. The van der Waals surface area contributed by atoms with Gasteiger partial charge in [0.1, 0.15) is 6.61 Å². The number of carboxylic acid groups (broad SMARTS) is 1. The van der Waals surface area contributed by atoms with Gasteiger partial charge in [0.2, 0.25) is 0 Å². The van der Waals surface area contributed by atoms with Crippen LogP contribution in [0.25, 0.3) is 0 Å². The molecule has 29 heavy (non-hydrogen) atoms. The zero-order valence-electron chi connectivity index (χ0n) is 17.0. The summed E-state index contributed by atoms with van der Waals surface area (Å²) in [4.78, 5) is 28.7. The predicted octanol–water partition coefficient (Wildman–Crippen LogP) is 3.75. The van der Waals surface area contributed by atoms with Gasteiger partial charge in [-0.1, -0.05) is 30.3 Å². The Morgan fingerprint density at radius 3 is 2.62 bits per heavy atom. The van der Waals surface area contributed by atoms with E-state index in [9.17, 15) is 9.59 Å². The van der Waals surface area contributed by atoms with Gasteiger partial charge in [-0.05, 0) is 69.0 Å². The number of hydrogen-bond donors (Lipinski definition) is 1. The van der Waals surface area contributed by atoms with Crippen LogP contribution in [0.15, 0.2) is 30.3 Å². The molecule has 1 aromatic carbocycles. The van der Waals surface area contributed by atoms with Gasteiger partial charge in [0.15, 0.2) is 0 Å². The topological polar surface area (TPSA) is 70.1 Å². The third-order valence-corrected chi connectivity index (χ3v) is 7.00. The first-order valence-corrected chi connectivity index (χ1v) is 11.1. The van der Waals surface area contributed by atoms with E-state index in [1.54, 1.807) is 0 Å². The summed E-state index contributed by atoms with van der Waals surface area (Å²) in [6.07, 6.45) is 5.93. The summed E-state index contributed by atoms with van der Waals surface area (Å²) in [5, 5.41) is 9.08. The van der Waals surface area contributed by atoms with Crippen molar-refractivity contribution in [1.82, 2.24) is 9.80 Å². The molecule has 1 amide bonds. The smallest absolute Gasteiger partial charge is 0.410 e. The fraction of sp³-hybridized carbons (Fsp3) is 0.652.